The summed E-state index contributed by atoms with van der Waals surface area (Å²) >= 11 is 0. The van der Waals surface area contributed by atoms with Gasteiger partial charge in [0, 0.05) is 11.4 Å². The number of nitrogens with zero attached hydrogens (tertiary/aromatic N) is 1. The van der Waals surface area contributed by atoms with E-state index in [1.54, 1.807) is 6.20 Å². The quantitative estimate of drug-likeness (QED) is 0.517. The molecule has 0 fully saturated rings. The zero-order valence-electron chi connectivity index (χ0n) is 8.71. The predicted molar refractivity (Wildman–Crippen MR) is 59.9 cm³/mol. The third kappa shape index (κ3) is 1.88. The number of rotatable bonds is 4. The largest absolute Gasteiger partial charge is 0.395 e. The maximum absolute atomic E-state index is 8.92. The molecule has 0 aliphatic heterocycles. The lowest BCUT2D eigenvalue weighted by molar-refractivity contribution is -0.238. The fourth-order valence-electron chi connectivity index (χ4n) is 1.80. The van der Waals surface area contributed by atoms with Gasteiger partial charge in [0.15, 0.2) is 0 Å². The zero-order chi connectivity index (χ0) is 11.5. The van der Waals surface area contributed by atoms with Gasteiger partial charge in [-0.2, -0.15) is 9.99 Å². The van der Waals surface area contributed by atoms with Crippen LogP contribution < -0.4 is 10.7 Å². The van der Waals surface area contributed by atoms with Crippen molar-refractivity contribution in [2.45, 2.75) is 12.5 Å². The van der Waals surface area contributed by atoms with Crippen LogP contribution in [0.15, 0.2) is 30.5 Å². The smallest absolute Gasteiger partial charge is 0.0907 e. The molecule has 5 heteroatoms. The van der Waals surface area contributed by atoms with E-state index in [4.69, 9.17) is 16.1 Å². The van der Waals surface area contributed by atoms with Gasteiger partial charge in [-0.15, -0.1) is 0 Å². The average molecular weight is 222 g/mol. The SMILES string of the molecule is NC(CO)Cc1cn(OO)c2ccccc12. The first-order chi connectivity index (χ1) is 7.76. The number of hydrogen-bond donors (Lipinski definition) is 3. The van der Waals surface area contributed by atoms with Gasteiger partial charge < -0.3 is 10.8 Å². The Morgan fingerprint density at radius 2 is 2.12 bits per heavy atom. The van der Waals surface area contributed by atoms with Crippen LogP contribution in [-0.2, 0) is 6.42 Å². The molecule has 2 aromatic rings. The van der Waals surface area contributed by atoms with Gasteiger partial charge in [0.25, 0.3) is 0 Å². The number of aromatic nitrogens is 1. The van der Waals surface area contributed by atoms with Crippen molar-refractivity contribution in [2.75, 3.05) is 6.61 Å². The molecule has 0 radical (unpaired) electrons. The van der Waals surface area contributed by atoms with Crippen LogP contribution in [0.25, 0.3) is 10.9 Å². The van der Waals surface area contributed by atoms with Gasteiger partial charge in [-0.05, 0) is 18.1 Å². The molecule has 0 aliphatic rings. The zero-order valence-corrected chi connectivity index (χ0v) is 8.71. The summed E-state index contributed by atoms with van der Waals surface area (Å²) in [7, 11) is 0. The van der Waals surface area contributed by atoms with Crippen LogP contribution >= 0.6 is 0 Å². The molecule has 0 saturated heterocycles. The van der Waals surface area contributed by atoms with E-state index in [2.05, 4.69) is 4.99 Å². The maximum atomic E-state index is 8.92. The van der Waals surface area contributed by atoms with Gasteiger partial charge in [0.05, 0.1) is 18.3 Å². The van der Waals surface area contributed by atoms with E-state index in [0.717, 1.165) is 16.5 Å². The molecule has 0 bridgehead atoms. The van der Waals surface area contributed by atoms with Crippen LogP contribution in [0.4, 0.5) is 0 Å². The molecule has 86 valence electrons. The second-order valence-electron chi connectivity index (χ2n) is 3.73. The average Bonchev–Trinajstić information content (AvgIpc) is 2.68. The lowest BCUT2D eigenvalue weighted by Gasteiger charge is -2.05. The van der Waals surface area contributed by atoms with Crippen LogP contribution in [-0.4, -0.2) is 27.7 Å². The molecule has 0 spiro atoms. The topological polar surface area (TPSA) is 80.6 Å². The molecule has 1 aromatic heterocycles. The van der Waals surface area contributed by atoms with Crippen LogP contribution in [0, 0.1) is 0 Å². The van der Waals surface area contributed by atoms with E-state index in [1.807, 2.05) is 24.3 Å². The summed E-state index contributed by atoms with van der Waals surface area (Å²) in [5.74, 6) is 0. The normalized spacial score (nSPS) is 12.9. The Kier molecular flexibility index (Phi) is 3.09. The third-order valence-corrected chi connectivity index (χ3v) is 2.57. The van der Waals surface area contributed by atoms with Gasteiger partial charge in [-0.3, -0.25) is 0 Å². The van der Waals surface area contributed by atoms with Crippen molar-refractivity contribution in [2.24, 2.45) is 5.73 Å². The molecular formula is C11H14N2O3. The van der Waals surface area contributed by atoms with Crippen LogP contribution in [0.2, 0.25) is 0 Å². The summed E-state index contributed by atoms with van der Waals surface area (Å²) in [6, 6.07) is 7.20. The number of benzene rings is 1. The highest BCUT2D eigenvalue weighted by Gasteiger charge is 2.11. The van der Waals surface area contributed by atoms with E-state index >= 15 is 0 Å². The van der Waals surface area contributed by atoms with Crippen molar-refractivity contribution in [1.29, 1.82) is 0 Å². The molecular weight excluding hydrogens is 208 g/mol. The molecule has 1 heterocycles. The second-order valence-corrected chi connectivity index (χ2v) is 3.73. The molecule has 0 amide bonds. The fraction of sp³-hybridized carbons (Fsp3) is 0.273. The van der Waals surface area contributed by atoms with Crippen molar-refractivity contribution in [3.8, 4) is 0 Å². The molecule has 4 N–H and O–H groups in total. The number of para-hydroxylation sites is 1. The van der Waals surface area contributed by atoms with Gasteiger partial charge in [-0.25, -0.2) is 4.99 Å². The number of aliphatic hydroxyl groups is 1. The van der Waals surface area contributed by atoms with Crippen LogP contribution in [0.5, 0.6) is 0 Å². The highest BCUT2D eigenvalue weighted by Crippen LogP contribution is 2.21. The first kappa shape index (κ1) is 10.9. The minimum atomic E-state index is -0.307. The predicted octanol–water partition coefficient (Wildman–Crippen LogP) is 0.405. The minimum Gasteiger partial charge on any atom is -0.395 e. The van der Waals surface area contributed by atoms with E-state index in [-0.39, 0.29) is 12.6 Å². The highest BCUT2D eigenvalue weighted by atomic mass is 17.2. The number of nitrogens with two attached hydrogens (primary N) is 1. The van der Waals surface area contributed by atoms with E-state index in [0.29, 0.717) is 6.42 Å². The number of hydrogen-bond acceptors (Lipinski definition) is 4. The molecule has 16 heavy (non-hydrogen) atoms. The summed E-state index contributed by atoms with van der Waals surface area (Å²) in [6.45, 7) is -0.0700. The Morgan fingerprint density at radius 3 is 2.81 bits per heavy atom. The van der Waals surface area contributed by atoms with Crippen molar-refractivity contribution in [1.82, 2.24) is 4.73 Å². The van der Waals surface area contributed by atoms with Gasteiger partial charge in [-0.1, -0.05) is 18.2 Å². The summed E-state index contributed by atoms with van der Waals surface area (Å²) < 4.78 is 1.27. The van der Waals surface area contributed by atoms with Crippen molar-refractivity contribution in [3.05, 3.63) is 36.0 Å². The van der Waals surface area contributed by atoms with E-state index in [9.17, 15) is 0 Å². The molecule has 1 atom stereocenters. The molecule has 0 saturated carbocycles. The maximum Gasteiger partial charge on any atom is 0.0907 e. The van der Waals surface area contributed by atoms with Crippen LogP contribution in [0.1, 0.15) is 5.56 Å². The lowest BCUT2D eigenvalue weighted by Crippen LogP contribution is -2.26. The highest BCUT2D eigenvalue weighted by molar-refractivity contribution is 5.83. The van der Waals surface area contributed by atoms with E-state index in [1.165, 1.54) is 4.73 Å². The second kappa shape index (κ2) is 4.52. The van der Waals surface area contributed by atoms with Gasteiger partial charge in [0.2, 0.25) is 0 Å². The lowest BCUT2D eigenvalue weighted by atomic mass is 10.1. The molecule has 0 aliphatic carbocycles. The van der Waals surface area contributed by atoms with Crippen molar-refractivity contribution >= 4 is 10.9 Å². The first-order valence-electron chi connectivity index (χ1n) is 5.03. The monoisotopic (exact) mass is 222 g/mol. The van der Waals surface area contributed by atoms with E-state index < -0.39 is 0 Å². The summed E-state index contributed by atoms with van der Waals surface area (Å²) in [6.07, 6.45) is 2.20. The van der Waals surface area contributed by atoms with Gasteiger partial charge >= 0.3 is 0 Å². The number of fused-ring (bicyclic) bond motifs is 1. The Bertz CT molecular complexity index is 481. The van der Waals surface area contributed by atoms with Crippen molar-refractivity contribution in [3.63, 3.8) is 0 Å². The summed E-state index contributed by atoms with van der Waals surface area (Å²) in [5.41, 5.74) is 7.39. The van der Waals surface area contributed by atoms with Crippen LogP contribution in [0.3, 0.4) is 0 Å². The van der Waals surface area contributed by atoms with Crippen molar-refractivity contribution < 1.29 is 15.4 Å². The summed E-state index contributed by atoms with van der Waals surface area (Å²) in [4.78, 5) is 4.24. The Morgan fingerprint density at radius 1 is 1.38 bits per heavy atom. The standard InChI is InChI=1S/C11H14N2O3/c12-9(7-14)5-8-6-13(16-15)11-4-2-1-3-10(8)11/h1-4,6,9,14-15H,5,7,12H2. The van der Waals surface area contributed by atoms with Gasteiger partial charge in [0.1, 0.15) is 0 Å². The third-order valence-electron chi connectivity index (χ3n) is 2.57. The summed E-state index contributed by atoms with van der Waals surface area (Å²) in [5, 5.41) is 18.6. The first-order valence-corrected chi connectivity index (χ1v) is 5.03. The Hall–Kier alpha value is -1.56. The molecule has 1 unspecified atom stereocenters. The molecule has 5 nitrogen and oxygen atoms in total. The minimum absolute atomic E-state index is 0.0700. The molecule has 2 rings (SSSR count). The Labute approximate surface area is 92.6 Å². The molecule has 1 aromatic carbocycles. The number of aliphatic hydroxyl groups excluding tert-OH is 1. The fourth-order valence-corrected chi connectivity index (χ4v) is 1.80. The Balaban J connectivity index is 2.45.